The lowest BCUT2D eigenvalue weighted by atomic mass is 10.1. The number of nitrogens with zero attached hydrogens (tertiary/aromatic N) is 1. The van der Waals surface area contributed by atoms with Crippen LogP contribution in [-0.2, 0) is 13.1 Å². The highest BCUT2D eigenvalue weighted by atomic mass is 19.3. The number of alkyl halides is 2. The molecular weight excluding hydrogens is 366 g/mol. The molecular formula is C21H26F2N2O3. The predicted molar refractivity (Wildman–Crippen MR) is 104 cm³/mol. The Hall–Kier alpha value is -2.67. The van der Waals surface area contributed by atoms with E-state index in [9.17, 15) is 13.6 Å². The first-order chi connectivity index (χ1) is 13.5. The summed E-state index contributed by atoms with van der Waals surface area (Å²) in [7, 11) is 1.33. The summed E-state index contributed by atoms with van der Waals surface area (Å²) >= 11 is 0. The van der Waals surface area contributed by atoms with Gasteiger partial charge in [-0.3, -0.25) is 9.69 Å². The molecule has 0 aromatic heterocycles. The van der Waals surface area contributed by atoms with Crippen molar-refractivity contribution in [2.45, 2.75) is 33.5 Å². The summed E-state index contributed by atoms with van der Waals surface area (Å²) in [5, 5.41) is 2.79. The summed E-state index contributed by atoms with van der Waals surface area (Å²) in [6, 6.07) is 12.3. The molecule has 0 heterocycles. The summed E-state index contributed by atoms with van der Waals surface area (Å²) in [5.41, 5.74) is 2.09. The molecule has 0 bridgehead atoms. The number of carbonyl (C=O) groups excluding carboxylic acids is 1. The Morgan fingerprint density at radius 2 is 1.75 bits per heavy atom. The molecule has 2 rings (SSSR count). The first kappa shape index (κ1) is 21.6. The van der Waals surface area contributed by atoms with Gasteiger partial charge in [0, 0.05) is 13.1 Å². The van der Waals surface area contributed by atoms with E-state index in [0.29, 0.717) is 0 Å². The van der Waals surface area contributed by atoms with Crippen LogP contribution in [0.25, 0.3) is 0 Å². The Labute approximate surface area is 164 Å². The van der Waals surface area contributed by atoms with E-state index in [1.54, 1.807) is 6.07 Å². The van der Waals surface area contributed by atoms with Gasteiger partial charge in [0.2, 0.25) is 0 Å². The van der Waals surface area contributed by atoms with E-state index >= 15 is 0 Å². The van der Waals surface area contributed by atoms with Gasteiger partial charge in [-0.2, -0.15) is 8.78 Å². The number of benzene rings is 2. The molecule has 28 heavy (non-hydrogen) atoms. The van der Waals surface area contributed by atoms with E-state index < -0.39 is 12.5 Å². The van der Waals surface area contributed by atoms with Crippen molar-refractivity contribution in [3.63, 3.8) is 0 Å². The molecule has 0 radical (unpaired) electrons. The van der Waals surface area contributed by atoms with Gasteiger partial charge in [0.15, 0.2) is 11.5 Å². The zero-order chi connectivity index (χ0) is 20.5. The molecule has 1 amide bonds. The minimum atomic E-state index is -3.06. The standard InChI is InChI=1S/C21H26F2N2O3/c1-4-25(5-2)14-16-10-7-6-9-15(16)13-24-20(26)17-11-8-12-18(27-3)19(17)28-21(22)23/h6-12,21H,4-5,13-14H2,1-3H3,(H,24,26). The topological polar surface area (TPSA) is 50.8 Å². The van der Waals surface area contributed by atoms with Crippen LogP contribution in [0.2, 0.25) is 0 Å². The summed E-state index contributed by atoms with van der Waals surface area (Å²) in [4.78, 5) is 14.9. The Morgan fingerprint density at radius 3 is 2.36 bits per heavy atom. The fourth-order valence-corrected chi connectivity index (χ4v) is 2.91. The van der Waals surface area contributed by atoms with Gasteiger partial charge in [-0.15, -0.1) is 0 Å². The van der Waals surface area contributed by atoms with Gasteiger partial charge in [-0.1, -0.05) is 44.2 Å². The van der Waals surface area contributed by atoms with Crippen molar-refractivity contribution in [1.29, 1.82) is 0 Å². The Kier molecular flexibility index (Phi) is 8.19. The summed E-state index contributed by atoms with van der Waals surface area (Å²) in [6.07, 6.45) is 0. The lowest BCUT2D eigenvalue weighted by molar-refractivity contribution is -0.0515. The van der Waals surface area contributed by atoms with Crippen molar-refractivity contribution in [2.75, 3.05) is 20.2 Å². The van der Waals surface area contributed by atoms with E-state index in [1.165, 1.54) is 19.2 Å². The third-order valence-corrected chi connectivity index (χ3v) is 4.50. The number of hydrogen-bond acceptors (Lipinski definition) is 4. The number of halogens is 2. The molecule has 0 saturated carbocycles. The van der Waals surface area contributed by atoms with Crippen LogP contribution in [0.5, 0.6) is 11.5 Å². The second kappa shape index (κ2) is 10.6. The van der Waals surface area contributed by atoms with Crippen molar-refractivity contribution in [1.82, 2.24) is 10.2 Å². The average Bonchev–Trinajstić information content (AvgIpc) is 2.70. The van der Waals surface area contributed by atoms with Crippen LogP contribution >= 0.6 is 0 Å². The molecule has 7 heteroatoms. The summed E-state index contributed by atoms with van der Waals surface area (Å²) < 4.78 is 35.1. The molecule has 0 atom stereocenters. The Morgan fingerprint density at radius 1 is 1.07 bits per heavy atom. The van der Waals surface area contributed by atoms with Gasteiger partial charge in [0.1, 0.15) is 0 Å². The van der Waals surface area contributed by atoms with E-state index in [4.69, 9.17) is 4.74 Å². The number of ether oxygens (including phenoxy) is 2. The number of methoxy groups -OCH3 is 1. The van der Waals surface area contributed by atoms with Crippen LogP contribution in [0.3, 0.4) is 0 Å². The van der Waals surface area contributed by atoms with Crippen LogP contribution in [-0.4, -0.2) is 37.6 Å². The van der Waals surface area contributed by atoms with E-state index in [2.05, 4.69) is 28.8 Å². The highest BCUT2D eigenvalue weighted by Gasteiger charge is 2.20. The van der Waals surface area contributed by atoms with Gasteiger partial charge in [-0.25, -0.2) is 0 Å². The van der Waals surface area contributed by atoms with Crippen molar-refractivity contribution in [3.8, 4) is 11.5 Å². The number of nitrogens with one attached hydrogen (secondary N) is 1. The van der Waals surface area contributed by atoms with Gasteiger partial charge in [0.25, 0.3) is 5.91 Å². The number of amides is 1. The Bertz CT molecular complexity index is 780. The zero-order valence-electron chi connectivity index (χ0n) is 16.4. The largest absolute Gasteiger partial charge is 0.493 e. The van der Waals surface area contributed by atoms with E-state index in [1.807, 2.05) is 24.3 Å². The third kappa shape index (κ3) is 5.66. The lowest BCUT2D eigenvalue weighted by Crippen LogP contribution is -2.26. The van der Waals surface area contributed by atoms with Crippen LogP contribution in [0.15, 0.2) is 42.5 Å². The fraction of sp³-hybridized carbons (Fsp3) is 0.381. The molecule has 5 nitrogen and oxygen atoms in total. The highest BCUT2D eigenvalue weighted by molar-refractivity contribution is 5.97. The molecule has 0 aliphatic rings. The molecule has 0 aliphatic carbocycles. The molecule has 152 valence electrons. The second-order valence-corrected chi connectivity index (χ2v) is 6.13. The normalized spacial score (nSPS) is 11.0. The van der Waals surface area contributed by atoms with Crippen LogP contribution in [0.1, 0.15) is 35.3 Å². The number of para-hydroxylation sites is 1. The van der Waals surface area contributed by atoms with Crippen molar-refractivity contribution in [2.24, 2.45) is 0 Å². The number of carbonyl (C=O) groups is 1. The minimum Gasteiger partial charge on any atom is -0.493 e. The maximum atomic E-state index is 12.8. The number of hydrogen-bond donors (Lipinski definition) is 1. The Balaban J connectivity index is 2.17. The maximum Gasteiger partial charge on any atom is 0.387 e. The van der Waals surface area contributed by atoms with Crippen molar-refractivity contribution >= 4 is 5.91 Å². The van der Waals surface area contributed by atoms with Crippen molar-refractivity contribution < 1.29 is 23.0 Å². The SMILES string of the molecule is CCN(CC)Cc1ccccc1CNC(=O)c1cccc(OC)c1OC(F)F. The molecule has 2 aromatic rings. The van der Waals surface area contributed by atoms with Gasteiger partial charge in [0.05, 0.1) is 12.7 Å². The predicted octanol–water partition coefficient (Wildman–Crippen LogP) is 4.07. The van der Waals surface area contributed by atoms with E-state index in [-0.39, 0.29) is 23.6 Å². The molecule has 1 N–H and O–H groups in total. The minimum absolute atomic E-state index is 0.000809. The van der Waals surface area contributed by atoms with Crippen molar-refractivity contribution in [3.05, 3.63) is 59.2 Å². The molecule has 0 aliphatic heterocycles. The van der Waals surface area contributed by atoms with Crippen LogP contribution < -0.4 is 14.8 Å². The van der Waals surface area contributed by atoms with Gasteiger partial charge >= 0.3 is 6.61 Å². The monoisotopic (exact) mass is 392 g/mol. The van der Waals surface area contributed by atoms with Gasteiger partial charge < -0.3 is 14.8 Å². The summed E-state index contributed by atoms with van der Waals surface area (Å²) in [5.74, 6) is -0.698. The maximum absolute atomic E-state index is 12.8. The van der Waals surface area contributed by atoms with Crippen LogP contribution in [0.4, 0.5) is 8.78 Å². The molecule has 0 spiro atoms. The smallest absolute Gasteiger partial charge is 0.387 e. The first-order valence-corrected chi connectivity index (χ1v) is 9.19. The fourth-order valence-electron chi connectivity index (χ4n) is 2.91. The quantitative estimate of drug-likeness (QED) is 0.662. The highest BCUT2D eigenvalue weighted by Crippen LogP contribution is 2.32. The second-order valence-electron chi connectivity index (χ2n) is 6.13. The molecule has 0 unspecified atom stereocenters. The zero-order valence-corrected chi connectivity index (χ0v) is 16.4. The summed E-state index contributed by atoms with van der Waals surface area (Å²) in [6.45, 7) is 4.05. The third-order valence-electron chi connectivity index (χ3n) is 4.50. The molecule has 2 aromatic carbocycles. The average molecular weight is 392 g/mol. The molecule has 0 saturated heterocycles. The van der Waals surface area contributed by atoms with E-state index in [0.717, 1.165) is 30.8 Å². The lowest BCUT2D eigenvalue weighted by Gasteiger charge is -2.20. The molecule has 0 fully saturated rings. The van der Waals surface area contributed by atoms with Gasteiger partial charge in [-0.05, 0) is 36.3 Å². The number of rotatable bonds is 10. The first-order valence-electron chi connectivity index (χ1n) is 9.19. The van der Waals surface area contributed by atoms with Crippen LogP contribution in [0, 0.1) is 0 Å².